The van der Waals surface area contributed by atoms with Crippen LogP contribution in [0.4, 0.5) is 5.13 Å². The Labute approximate surface area is 107 Å². The quantitative estimate of drug-likeness (QED) is 0.890. The van der Waals surface area contributed by atoms with E-state index in [1.807, 2.05) is 0 Å². The lowest BCUT2D eigenvalue weighted by molar-refractivity contribution is -0.114. The highest BCUT2D eigenvalue weighted by Gasteiger charge is 2.07. The average molecular weight is 262 g/mol. The van der Waals surface area contributed by atoms with Crippen molar-refractivity contribution in [2.75, 3.05) is 5.32 Å². The molecule has 0 unspecified atom stereocenters. The zero-order chi connectivity index (χ0) is 13.1. The first kappa shape index (κ1) is 12.3. The molecule has 1 amide bonds. The van der Waals surface area contributed by atoms with Gasteiger partial charge >= 0.3 is 5.97 Å². The molecule has 18 heavy (non-hydrogen) atoms. The number of aromatic carboxylic acids is 1. The summed E-state index contributed by atoms with van der Waals surface area (Å²) in [5.41, 5.74) is 1.75. The number of nitrogens with one attached hydrogen (secondary N) is 1. The Bertz CT molecular complexity index is 590. The van der Waals surface area contributed by atoms with Gasteiger partial charge in [-0.25, -0.2) is 9.78 Å². The van der Waals surface area contributed by atoms with Crippen LogP contribution in [0.25, 0.3) is 11.3 Å². The first-order valence-electron chi connectivity index (χ1n) is 5.13. The molecule has 0 radical (unpaired) electrons. The molecule has 2 aromatic rings. The lowest BCUT2D eigenvalue weighted by Crippen LogP contribution is -2.04. The van der Waals surface area contributed by atoms with Crippen LogP contribution in [0, 0.1) is 0 Å². The summed E-state index contributed by atoms with van der Waals surface area (Å²) in [6.45, 7) is 1.42. The molecular formula is C12H10N2O3S. The van der Waals surface area contributed by atoms with Crippen LogP contribution in [0.1, 0.15) is 17.3 Å². The maximum absolute atomic E-state index is 10.9. The minimum absolute atomic E-state index is 0.169. The van der Waals surface area contributed by atoms with Gasteiger partial charge < -0.3 is 10.4 Å². The number of aromatic nitrogens is 1. The van der Waals surface area contributed by atoms with Crippen molar-refractivity contribution >= 4 is 28.3 Å². The van der Waals surface area contributed by atoms with Crippen LogP contribution in [0.15, 0.2) is 29.6 Å². The molecule has 0 aliphatic carbocycles. The van der Waals surface area contributed by atoms with Gasteiger partial charge in [-0.1, -0.05) is 12.1 Å². The second-order valence-electron chi connectivity index (χ2n) is 3.60. The molecule has 0 bridgehead atoms. The van der Waals surface area contributed by atoms with E-state index in [0.717, 1.165) is 5.56 Å². The van der Waals surface area contributed by atoms with Gasteiger partial charge in [-0.3, -0.25) is 4.79 Å². The molecule has 0 aliphatic heterocycles. The fourth-order valence-corrected chi connectivity index (χ4v) is 2.16. The van der Waals surface area contributed by atoms with Crippen molar-refractivity contribution in [2.24, 2.45) is 0 Å². The minimum atomic E-state index is -0.959. The smallest absolute Gasteiger partial charge is 0.335 e. The summed E-state index contributed by atoms with van der Waals surface area (Å²) in [7, 11) is 0. The Morgan fingerprint density at radius 3 is 2.50 bits per heavy atom. The molecule has 1 heterocycles. The molecule has 0 saturated carbocycles. The van der Waals surface area contributed by atoms with Gasteiger partial charge in [0, 0.05) is 17.9 Å². The van der Waals surface area contributed by atoms with Crippen molar-refractivity contribution in [3.8, 4) is 11.3 Å². The molecule has 1 aromatic carbocycles. The van der Waals surface area contributed by atoms with E-state index >= 15 is 0 Å². The van der Waals surface area contributed by atoms with Crippen LogP contribution in [0.2, 0.25) is 0 Å². The average Bonchev–Trinajstić information content (AvgIpc) is 2.76. The SMILES string of the molecule is CC(=O)Nc1nc(-c2ccc(C(=O)O)cc2)cs1. The van der Waals surface area contributed by atoms with Crippen molar-refractivity contribution in [1.82, 2.24) is 4.98 Å². The zero-order valence-electron chi connectivity index (χ0n) is 9.51. The van der Waals surface area contributed by atoms with Gasteiger partial charge in [0.25, 0.3) is 0 Å². The molecule has 1 aromatic heterocycles. The third-order valence-electron chi connectivity index (χ3n) is 2.21. The largest absolute Gasteiger partial charge is 0.478 e. The predicted molar refractivity (Wildman–Crippen MR) is 68.8 cm³/mol. The molecule has 92 valence electrons. The summed E-state index contributed by atoms with van der Waals surface area (Å²) in [4.78, 5) is 25.8. The summed E-state index contributed by atoms with van der Waals surface area (Å²) >= 11 is 1.32. The standard InChI is InChI=1S/C12H10N2O3S/c1-7(15)13-12-14-10(6-18-12)8-2-4-9(5-3-8)11(16)17/h2-6H,1H3,(H,16,17)(H,13,14,15). The van der Waals surface area contributed by atoms with E-state index in [1.165, 1.54) is 30.4 Å². The van der Waals surface area contributed by atoms with Crippen molar-refractivity contribution in [3.63, 3.8) is 0 Å². The molecule has 0 fully saturated rings. The number of amides is 1. The number of carbonyl (C=O) groups excluding carboxylic acids is 1. The van der Waals surface area contributed by atoms with Crippen molar-refractivity contribution < 1.29 is 14.7 Å². The number of hydrogen-bond donors (Lipinski definition) is 2. The minimum Gasteiger partial charge on any atom is -0.478 e. The molecule has 2 N–H and O–H groups in total. The molecule has 0 saturated heterocycles. The van der Waals surface area contributed by atoms with Crippen molar-refractivity contribution in [2.45, 2.75) is 6.92 Å². The van der Waals surface area contributed by atoms with E-state index in [0.29, 0.717) is 10.8 Å². The number of nitrogens with zero attached hydrogens (tertiary/aromatic N) is 1. The second-order valence-corrected chi connectivity index (χ2v) is 4.46. The van der Waals surface area contributed by atoms with Crippen LogP contribution in [-0.2, 0) is 4.79 Å². The third-order valence-corrected chi connectivity index (χ3v) is 2.97. The first-order chi connectivity index (χ1) is 8.56. The van der Waals surface area contributed by atoms with Crippen molar-refractivity contribution in [1.29, 1.82) is 0 Å². The first-order valence-corrected chi connectivity index (χ1v) is 6.01. The van der Waals surface area contributed by atoms with Gasteiger partial charge in [0.15, 0.2) is 5.13 Å². The molecule has 6 heteroatoms. The number of carboxylic acids is 1. The Hall–Kier alpha value is -2.21. The van der Waals surface area contributed by atoms with Gasteiger partial charge in [0.1, 0.15) is 0 Å². The molecule has 5 nitrogen and oxygen atoms in total. The number of rotatable bonds is 3. The topological polar surface area (TPSA) is 79.3 Å². The van der Waals surface area contributed by atoms with E-state index in [-0.39, 0.29) is 11.5 Å². The summed E-state index contributed by atoms with van der Waals surface area (Å²) in [6, 6.07) is 6.43. The van der Waals surface area contributed by atoms with Crippen LogP contribution < -0.4 is 5.32 Å². The van der Waals surface area contributed by atoms with Gasteiger partial charge in [-0.05, 0) is 12.1 Å². The number of anilines is 1. The Morgan fingerprint density at radius 2 is 1.94 bits per heavy atom. The van der Waals surface area contributed by atoms with Crippen LogP contribution in [-0.4, -0.2) is 22.0 Å². The maximum Gasteiger partial charge on any atom is 0.335 e. The fourth-order valence-electron chi connectivity index (χ4n) is 1.40. The summed E-state index contributed by atoms with van der Waals surface area (Å²) < 4.78 is 0. The normalized spacial score (nSPS) is 10.1. The maximum atomic E-state index is 10.9. The molecular weight excluding hydrogens is 252 g/mol. The van der Waals surface area contributed by atoms with Gasteiger partial charge in [0.2, 0.25) is 5.91 Å². The number of carbonyl (C=O) groups is 2. The third kappa shape index (κ3) is 2.72. The van der Waals surface area contributed by atoms with Gasteiger partial charge in [-0.15, -0.1) is 11.3 Å². The Kier molecular flexibility index (Phi) is 3.38. The lowest BCUT2D eigenvalue weighted by Gasteiger charge is -1.98. The summed E-state index contributed by atoms with van der Waals surface area (Å²) in [5.74, 6) is -1.13. The molecule has 0 atom stereocenters. The Balaban J connectivity index is 2.23. The van der Waals surface area contributed by atoms with Crippen molar-refractivity contribution in [3.05, 3.63) is 35.2 Å². The fraction of sp³-hybridized carbons (Fsp3) is 0.0833. The lowest BCUT2D eigenvalue weighted by atomic mass is 10.1. The highest BCUT2D eigenvalue weighted by molar-refractivity contribution is 7.14. The molecule has 2 rings (SSSR count). The van der Waals surface area contributed by atoms with E-state index < -0.39 is 5.97 Å². The molecule has 0 spiro atoms. The summed E-state index contributed by atoms with van der Waals surface area (Å²) in [6.07, 6.45) is 0. The Morgan fingerprint density at radius 1 is 1.28 bits per heavy atom. The van der Waals surface area contributed by atoms with Crippen LogP contribution in [0.3, 0.4) is 0 Å². The van der Waals surface area contributed by atoms with E-state index in [2.05, 4.69) is 10.3 Å². The number of thiazole rings is 1. The number of carboxylic acid groups (broad SMARTS) is 1. The van der Waals surface area contributed by atoms with E-state index in [1.54, 1.807) is 17.5 Å². The van der Waals surface area contributed by atoms with Crippen LogP contribution in [0.5, 0.6) is 0 Å². The highest BCUT2D eigenvalue weighted by Crippen LogP contribution is 2.25. The highest BCUT2D eigenvalue weighted by atomic mass is 32.1. The van der Waals surface area contributed by atoms with E-state index in [9.17, 15) is 9.59 Å². The monoisotopic (exact) mass is 262 g/mol. The number of hydrogen-bond acceptors (Lipinski definition) is 4. The van der Waals surface area contributed by atoms with Gasteiger partial charge in [0.05, 0.1) is 11.3 Å². The van der Waals surface area contributed by atoms with E-state index in [4.69, 9.17) is 5.11 Å². The number of benzene rings is 1. The zero-order valence-corrected chi connectivity index (χ0v) is 10.3. The molecule has 0 aliphatic rings. The predicted octanol–water partition coefficient (Wildman–Crippen LogP) is 2.47. The second kappa shape index (κ2) is 4.97. The van der Waals surface area contributed by atoms with Gasteiger partial charge in [-0.2, -0.15) is 0 Å². The van der Waals surface area contributed by atoms with Crippen LogP contribution >= 0.6 is 11.3 Å². The summed E-state index contributed by atoms with van der Waals surface area (Å²) in [5, 5.41) is 13.7.